The molecule has 1 aromatic heterocycles. The van der Waals surface area contributed by atoms with Crippen LogP contribution in [0.2, 0.25) is 0 Å². The van der Waals surface area contributed by atoms with E-state index in [1.807, 2.05) is 30.2 Å². The number of aromatic nitrogens is 1. The Balaban J connectivity index is 1.95. The summed E-state index contributed by atoms with van der Waals surface area (Å²) in [7, 11) is 0. The molecule has 2 aliphatic rings. The molecule has 0 spiro atoms. The molecule has 1 heterocycles. The fraction of sp³-hybridized carbons (Fsp3) is 0.667. The smallest absolute Gasteiger partial charge is 0.355 e. The second-order valence-electron chi connectivity index (χ2n) is 7.69. The Morgan fingerprint density at radius 1 is 1.15 bits per heavy atom. The number of amides is 1. The van der Waals surface area contributed by atoms with E-state index in [2.05, 4.69) is 0 Å². The molecule has 0 radical (unpaired) electrons. The number of carbonyl (C=O) groups is 3. The first-order valence-corrected chi connectivity index (χ1v) is 10.1. The molecule has 1 unspecified atom stereocenters. The van der Waals surface area contributed by atoms with E-state index in [1.54, 1.807) is 13.8 Å². The van der Waals surface area contributed by atoms with Crippen LogP contribution < -0.4 is 0 Å². The van der Waals surface area contributed by atoms with Gasteiger partial charge in [-0.1, -0.05) is 0 Å². The van der Waals surface area contributed by atoms with Crippen LogP contribution in [0.5, 0.6) is 0 Å². The fourth-order valence-electron chi connectivity index (χ4n) is 4.03. The first-order valence-electron chi connectivity index (χ1n) is 10.1. The van der Waals surface area contributed by atoms with E-state index in [4.69, 9.17) is 4.74 Å². The van der Waals surface area contributed by atoms with Crippen LogP contribution in [0.3, 0.4) is 0 Å². The zero-order chi connectivity index (χ0) is 19.9. The minimum absolute atomic E-state index is 0.0800. The highest BCUT2D eigenvalue weighted by Crippen LogP contribution is 2.38. The van der Waals surface area contributed by atoms with Crippen molar-refractivity contribution < 1.29 is 19.1 Å². The maximum absolute atomic E-state index is 13.4. The predicted molar refractivity (Wildman–Crippen MR) is 102 cm³/mol. The van der Waals surface area contributed by atoms with Crippen molar-refractivity contribution in [3.8, 4) is 0 Å². The van der Waals surface area contributed by atoms with Gasteiger partial charge in [0, 0.05) is 29.8 Å². The molecule has 148 valence electrons. The number of Topliss-reactive ketones (excluding diaryl/α,β-unsaturated/α-hetero) is 1. The molecular formula is C21H30N2O4. The van der Waals surface area contributed by atoms with Crippen LogP contribution in [0.4, 0.5) is 0 Å². The molecule has 1 aromatic rings. The number of hydrogen-bond acceptors (Lipinski definition) is 4. The molecule has 0 N–H and O–H groups in total. The van der Waals surface area contributed by atoms with Crippen LogP contribution in [0.25, 0.3) is 0 Å². The molecule has 6 nitrogen and oxygen atoms in total. The molecule has 0 aromatic carbocycles. The summed E-state index contributed by atoms with van der Waals surface area (Å²) in [6, 6.07) is -0.318. The lowest BCUT2D eigenvalue weighted by molar-refractivity contribution is -0.134. The third-order valence-corrected chi connectivity index (χ3v) is 5.72. The van der Waals surface area contributed by atoms with Gasteiger partial charge in [0.1, 0.15) is 5.69 Å². The van der Waals surface area contributed by atoms with Gasteiger partial charge in [0.25, 0.3) is 0 Å². The first kappa shape index (κ1) is 19.6. The fourth-order valence-corrected chi connectivity index (χ4v) is 4.03. The van der Waals surface area contributed by atoms with E-state index in [1.165, 1.54) is 0 Å². The van der Waals surface area contributed by atoms with Gasteiger partial charge in [-0.3, -0.25) is 9.59 Å². The van der Waals surface area contributed by atoms with Crippen molar-refractivity contribution in [2.75, 3.05) is 6.61 Å². The van der Waals surface area contributed by atoms with Crippen LogP contribution in [-0.4, -0.2) is 45.8 Å². The van der Waals surface area contributed by atoms with Gasteiger partial charge in [0.05, 0.1) is 12.6 Å². The largest absolute Gasteiger partial charge is 0.461 e. The predicted octanol–water partition coefficient (Wildman–Crippen LogP) is 3.27. The number of ketones is 1. The van der Waals surface area contributed by atoms with Crippen LogP contribution in [0.1, 0.15) is 78.6 Å². The van der Waals surface area contributed by atoms with Crippen LogP contribution in [0, 0.1) is 19.8 Å². The zero-order valence-corrected chi connectivity index (χ0v) is 17.0. The van der Waals surface area contributed by atoms with Crippen molar-refractivity contribution in [1.82, 2.24) is 9.47 Å². The van der Waals surface area contributed by atoms with E-state index in [0.29, 0.717) is 23.4 Å². The Morgan fingerprint density at radius 2 is 1.78 bits per heavy atom. The number of carbonyl (C=O) groups excluding carboxylic acids is 3. The van der Waals surface area contributed by atoms with Gasteiger partial charge in [0.2, 0.25) is 5.91 Å². The summed E-state index contributed by atoms with van der Waals surface area (Å²) in [5.74, 6) is -0.268. The van der Waals surface area contributed by atoms with Gasteiger partial charge in [-0.25, -0.2) is 4.79 Å². The van der Waals surface area contributed by atoms with E-state index in [9.17, 15) is 14.4 Å². The monoisotopic (exact) mass is 374 g/mol. The van der Waals surface area contributed by atoms with Gasteiger partial charge in [-0.2, -0.15) is 0 Å². The van der Waals surface area contributed by atoms with Gasteiger partial charge in [-0.15, -0.1) is 0 Å². The highest BCUT2D eigenvalue weighted by molar-refractivity contribution is 6.06. The van der Waals surface area contributed by atoms with Crippen molar-refractivity contribution in [2.45, 2.75) is 78.9 Å². The van der Waals surface area contributed by atoms with Crippen molar-refractivity contribution >= 4 is 17.7 Å². The molecule has 0 aliphatic heterocycles. The van der Waals surface area contributed by atoms with Crippen molar-refractivity contribution in [2.24, 2.45) is 5.92 Å². The summed E-state index contributed by atoms with van der Waals surface area (Å²) in [5, 5.41) is 0. The highest BCUT2D eigenvalue weighted by atomic mass is 16.5. The summed E-state index contributed by atoms with van der Waals surface area (Å²) >= 11 is 0. The number of hydrogen-bond donors (Lipinski definition) is 0. The normalized spacial score (nSPS) is 17.5. The molecule has 0 bridgehead atoms. The minimum Gasteiger partial charge on any atom is -0.461 e. The number of rotatable bonds is 8. The highest BCUT2D eigenvalue weighted by Gasteiger charge is 2.44. The lowest BCUT2D eigenvalue weighted by Gasteiger charge is -2.29. The SMILES string of the molecule is CCOC(=O)c1c(C)c(C(=O)C(C)N(C(=O)C2CC2)C2CC2)c(C)n1CC. The van der Waals surface area contributed by atoms with Crippen molar-refractivity contribution in [1.29, 1.82) is 0 Å². The minimum atomic E-state index is -0.509. The van der Waals surface area contributed by atoms with Crippen molar-refractivity contribution in [3.63, 3.8) is 0 Å². The third kappa shape index (κ3) is 3.54. The maximum atomic E-state index is 13.4. The quantitative estimate of drug-likeness (QED) is 0.517. The average Bonchev–Trinajstić information content (AvgIpc) is 3.52. The van der Waals surface area contributed by atoms with Crippen LogP contribution in [-0.2, 0) is 16.1 Å². The molecule has 2 aliphatic carbocycles. The molecule has 6 heteroatoms. The molecular weight excluding hydrogens is 344 g/mol. The molecule has 2 fully saturated rings. The topological polar surface area (TPSA) is 68.6 Å². The average molecular weight is 374 g/mol. The van der Waals surface area contributed by atoms with Crippen molar-refractivity contribution in [3.05, 3.63) is 22.5 Å². The summed E-state index contributed by atoms with van der Waals surface area (Å²) < 4.78 is 7.04. The zero-order valence-electron chi connectivity index (χ0n) is 17.0. The summed E-state index contributed by atoms with van der Waals surface area (Å²) in [6.45, 7) is 10.1. The standard InChI is InChI=1S/C21H30N2O4/c1-6-22-13(4)17(12(3)18(22)21(26)27-7-2)19(24)14(5)23(16-10-11-16)20(25)15-8-9-15/h14-16H,6-11H2,1-5H3. The Hall–Kier alpha value is -2.11. The molecule has 3 rings (SSSR count). The third-order valence-electron chi connectivity index (χ3n) is 5.72. The molecule has 2 saturated carbocycles. The van der Waals surface area contributed by atoms with Crippen LogP contribution in [0.15, 0.2) is 0 Å². The van der Waals surface area contributed by atoms with E-state index >= 15 is 0 Å². The number of esters is 1. The van der Waals surface area contributed by atoms with Gasteiger partial charge >= 0.3 is 5.97 Å². The lowest BCUT2D eigenvalue weighted by Crippen LogP contribution is -2.45. The lowest BCUT2D eigenvalue weighted by atomic mass is 9.99. The Morgan fingerprint density at radius 3 is 2.26 bits per heavy atom. The van der Waals surface area contributed by atoms with E-state index in [0.717, 1.165) is 31.4 Å². The van der Waals surface area contributed by atoms with Gasteiger partial charge in [0.15, 0.2) is 5.78 Å². The van der Waals surface area contributed by atoms with Gasteiger partial charge in [-0.05, 0) is 65.9 Å². The van der Waals surface area contributed by atoms with E-state index in [-0.39, 0.29) is 30.3 Å². The Bertz CT molecular complexity index is 772. The van der Waals surface area contributed by atoms with Gasteiger partial charge < -0.3 is 14.2 Å². The first-order chi connectivity index (χ1) is 12.8. The second-order valence-corrected chi connectivity index (χ2v) is 7.69. The van der Waals surface area contributed by atoms with E-state index < -0.39 is 12.0 Å². The molecule has 1 atom stereocenters. The molecule has 0 saturated heterocycles. The summed E-state index contributed by atoms with van der Waals surface area (Å²) in [4.78, 5) is 40.4. The Kier molecular flexibility index (Phi) is 5.45. The Labute approximate surface area is 160 Å². The number of nitrogens with zero attached hydrogens (tertiary/aromatic N) is 2. The summed E-state index contributed by atoms with van der Waals surface area (Å²) in [6.07, 6.45) is 3.80. The summed E-state index contributed by atoms with van der Waals surface area (Å²) in [5.41, 5.74) is 2.42. The molecule has 27 heavy (non-hydrogen) atoms. The number of ether oxygens (including phenoxy) is 1. The van der Waals surface area contributed by atoms with Crippen LogP contribution >= 0.6 is 0 Å². The molecule has 1 amide bonds. The second kappa shape index (κ2) is 7.49. The maximum Gasteiger partial charge on any atom is 0.355 e.